The van der Waals surface area contributed by atoms with Crippen LogP contribution in [-0.2, 0) is 12.8 Å². The third-order valence-corrected chi connectivity index (χ3v) is 6.19. The van der Waals surface area contributed by atoms with Crippen LogP contribution in [0.25, 0.3) is 0 Å². The van der Waals surface area contributed by atoms with Crippen molar-refractivity contribution in [2.75, 3.05) is 36.4 Å². The van der Waals surface area contributed by atoms with Gasteiger partial charge in [0, 0.05) is 49.5 Å². The van der Waals surface area contributed by atoms with E-state index < -0.39 is 0 Å². The first-order valence-corrected chi connectivity index (χ1v) is 11.7. The number of piperazine rings is 1. The summed E-state index contributed by atoms with van der Waals surface area (Å²) in [5, 5.41) is 3.01. The number of aromatic nitrogens is 2. The number of rotatable bonds is 5. The molecule has 4 rings (SSSR count). The average Bonchev–Trinajstić information content (AvgIpc) is 2.82. The van der Waals surface area contributed by atoms with Gasteiger partial charge < -0.3 is 15.1 Å². The molecule has 0 bridgehead atoms. The summed E-state index contributed by atoms with van der Waals surface area (Å²) in [4.78, 5) is 26.6. The van der Waals surface area contributed by atoms with Gasteiger partial charge in [0.05, 0.1) is 0 Å². The van der Waals surface area contributed by atoms with Crippen LogP contribution in [0.5, 0.6) is 0 Å². The fourth-order valence-corrected chi connectivity index (χ4v) is 4.24. The van der Waals surface area contributed by atoms with Crippen molar-refractivity contribution in [2.45, 2.75) is 40.5 Å². The molecule has 172 valence electrons. The van der Waals surface area contributed by atoms with Gasteiger partial charge in [-0.25, -0.2) is 14.8 Å². The molecule has 1 fully saturated rings. The van der Waals surface area contributed by atoms with Crippen molar-refractivity contribution in [1.29, 1.82) is 0 Å². The first kappa shape index (κ1) is 22.8. The molecule has 1 N–H and O–H groups in total. The quantitative estimate of drug-likeness (QED) is 0.609. The molecule has 0 atom stereocenters. The second-order valence-corrected chi connectivity index (χ2v) is 8.81. The van der Waals surface area contributed by atoms with Gasteiger partial charge in [0.15, 0.2) is 0 Å². The number of aryl methyl sites for hydroxylation is 4. The van der Waals surface area contributed by atoms with Crippen molar-refractivity contribution in [3.05, 3.63) is 82.3 Å². The van der Waals surface area contributed by atoms with Crippen LogP contribution in [0, 0.1) is 20.8 Å². The molecule has 0 spiro atoms. The largest absolute Gasteiger partial charge is 0.353 e. The van der Waals surface area contributed by atoms with E-state index in [4.69, 9.17) is 9.97 Å². The third kappa shape index (κ3) is 5.51. The van der Waals surface area contributed by atoms with Gasteiger partial charge in [-0.15, -0.1) is 0 Å². The van der Waals surface area contributed by atoms with Crippen LogP contribution in [0.2, 0.25) is 0 Å². The summed E-state index contributed by atoms with van der Waals surface area (Å²) in [6.07, 6.45) is 1.68. The summed E-state index contributed by atoms with van der Waals surface area (Å²) in [5.41, 5.74) is 6.83. The predicted molar refractivity (Wildman–Crippen MR) is 134 cm³/mol. The second-order valence-electron chi connectivity index (χ2n) is 8.81. The fraction of sp³-hybridized carbons (Fsp3) is 0.370. The molecule has 1 aliphatic rings. The highest BCUT2D eigenvalue weighted by atomic mass is 16.2. The summed E-state index contributed by atoms with van der Waals surface area (Å²) >= 11 is 0. The molecule has 0 radical (unpaired) electrons. The summed E-state index contributed by atoms with van der Waals surface area (Å²) < 4.78 is 0. The second kappa shape index (κ2) is 10.0. The molecule has 33 heavy (non-hydrogen) atoms. The minimum atomic E-state index is -0.0495. The van der Waals surface area contributed by atoms with E-state index in [1.165, 1.54) is 22.3 Å². The lowest BCUT2D eigenvalue weighted by Crippen LogP contribution is -2.50. The predicted octanol–water partition coefficient (Wildman–Crippen LogP) is 4.91. The van der Waals surface area contributed by atoms with Crippen molar-refractivity contribution in [3.63, 3.8) is 0 Å². The van der Waals surface area contributed by atoms with Gasteiger partial charge in [-0.2, -0.15) is 0 Å². The highest BCUT2D eigenvalue weighted by molar-refractivity contribution is 5.89. The molecule has 6 nitrogen and oxygen atoms in total. The molecule has 3 aromatic rings. The standard InChI is InChI=1S/C27H33N5O/c1-5-25-24(18-22-10-6-19(2)7-11-22)26(29-21(4)28-25)31-14-16-32(17-15-31)27(33)30-23-12-8-20(3)9-13-23/h6-13H,5,14-18H2,1-4H3,(H,30,33). The zero-order valence-corrected chi connectivity index (χ0v) is 20.1. The monoisotopic (exact) mass is 443 g/mol. The van der Waals surface area contributed by atoms with Crippen LogP contribution >= 0.6 is 0 Å². The number of nitrogens with one attached hydrogen (secondary N) is 1. The van der Waals surface area contributed by atoms with Crippen molar-refractivity contribution in [3.8, 4) is 0 Å². The lowest BCUT2D eigenvalue weighted by Gasteiger charge is -2.36. The number of hydrogen-bond acceptors (Lipinski definition) is 4. The van der Waals surface area contributed by atoms with Crippen LogP contribution in [0.1, 0.15) is 40.7 Å². The first-order chi connectivity index (χ1) is 15.9. The molecule has 1 aromatic heterocycles. The highest BCUT2D eigenvalue weighted by Crippen LogP contribution is 2.26. The Kier molecular flexibility index (Phi) is 6.92. The van der Waals surface area contributed by atoms with E-state index >= 15 is 0 Å². The maximum Gasteiger partial charge on any atom is 0.321 e. The Hall–Kier alpha value is -3.41. The Morgan fingerprint density at radius 1 is 0.879 bits per heavy atom. The lowest BCUT2D eigenvalue weighted by atomic mass is 10.0. The topological polar surface area (TPSA) is 61.4 Å². The molecule has 0 aliphatic carbocycles. The summed E-state index contributed by atoms with van der Waals surface area (Å²) in [5.74, 6) is 1.81. The molecule has 1 saturated heterocycles. The first-order valence-electron chi connectivity index (χ1n) is 11.7. The Morgan fingerprint density at radius 3 is 2.09 bits per heavy atom. The van der Waals surface area contributed by atoms with E-state index in [0.717, 1.165) is 49.0 Å². The molecule has 1 aliphatic heterocycles. The molecule has 2 heterocycles. The van der Waals surface area contributed by atoms with E-state index in [1.807, 2.05) is 43.0 Å². The fourth-order valence-electron chi connectivity index (χ4n) is 4.24. The Balaban J connectivity index is 1.49. The normalized spacial score (nSPS) is 13.8. The summed E-state index contributed by atoms with van der Waals surface area (Å²) in [7, 11) is 0. The minimum absolute atomic E-state index is 0.0495. The number of carbonyl (C=O) groups excluding carboxylic acids is 1. The molecular weight excluding hydrogens is 410 g/mol. The maximum absolute atomic E-state index is 12.8. The van der Waals surface area contributed by atoms with Crippen molar-refractivity contribution < 1.29 is 4.79 Å². The molecule has 6 heteroatoms. The van der Waals surface area contributed by atoms with Crippen LogP contribution in [0.15, 0.2) is 48.5 Å². The molecule has 2 aromatic carbocycles. The van der Waals surface area contributed by atoms with Gasteiger partial charge >= 0.3 is 6.03 Å². The lowest BCUT2D eigenvalue weighted by molar-refractivity contribution is 0.208. The van der Waals surface area contributed by atoms with Crippen LogP contribution in [-0.4, -0.2) is 47.1 Å². The number of carbonyl (C=O) groups is 1. The van der Waals surface area contributed by atoms with Gasteiger partial charge in [-0.1, -0.05) is 54.4 Å². The third-order valence-electron chi connectivity index (χ3n) is 6.19. The van der Waals surface area contributed by atoms with E-state index in [1.54, 1.807) is 0 Å². The van der Waals surface area contributed by atoms with Gasteiger partial charge in [0.2, 0.25) is 0 Å². The molecule has 0 unspecified atom stereocenters. The van der Waals surface area contributed by atoms with Crippen molar-refractivity contribution in [1.82, 2.24) is 14.9 Å². The number of hydrogen-bond donors (Lipinski definition) is 1. The van der Waals surface area contributed by atoms with Gasteiger partial charge in [-0.3, -0.25) is 0 Å². The highest BCUT2D eigenvalue weighted by Gasteiger charge is 2.25. The smallest absolute Gasteiger partial charge is 0.321 e. The van der Waals surface area contributed by atoms with Crippen LogP contribution < -0.4 is 10.2 Å². The zero-order valence-electron chi connectivity index (χ0n) is 20.1. The number of urea groups is 1. The Morgan fingerprint density at radius 2 is 1.48 bits per heavy atom. The SMILES string of the molecule is CCc1nc(C)nc(N2CCN(C(=O)Nc3ccc(C)cc3)CC2)c1Cc1ccc(C)cc1. The van der Waals surface area contributed by atoms with E-state index in [0.29, 0.717) is 13.1 Å². The zero-order chi connectivity index (χ0) is 23.4. The van der Waals surface area contributed by atoms with E-state index in [-0.39, 0.29) is 6.03 Å². The van der Waals surface area contributed by atoms with Crippen LogP contribution in [0.3, 0.4) is 0 Å². The average molecular weight is 444 g/mol. The van der Waals surface area contributed by atoms with Crippen molar-refractivity contribution in [2.24, 2.45) is 0 Å². The number of anilines is 2. The van der Waals surface area contributed by atoms with E-state index in [9.17, 15) is 4.79 Å². The van der Waals surface area contributed by atoms with Gasteiger partial charge in [0.1, 0.15) is 11.6 Å². The number of amides is 2. The maximum atomic E-state index is 12.8. The number of benzene rings is 2. The minimum Gasteiger partial charge on any atom is -0.353 e. The molecule has 0 saturated carbocycles. The molecule has 2 amide bonds. The molecular formula is C27H33N5O. The Bertz CT molecular complexity index is 1100. The Labute approximate surface area is 196 Å². The van der Waals surface area contributed by atoms with Crippen molar-refractivity contribution >= 4 is 17.5 Å². The van der Waals surface area contributed by atoms with Crippen LogP contribution in [0.4, 0.5) is 16.3 Å². The van der Waals surface area contributed by atoms with Gasteiger partial charge in [-0.05, 0) is 44.9 Å². The van der Waals surface area contributed by atoms with E-state index in [2.05, 4.69) is 48.3 Å². The van der Waals surface area contributed by atoms with Gasteiger partial charge in [0.25, 0.3) is 0 Å². The summed E-state index contributed by atoms with van der Waals surface area (Å²) in [6, 6.07) is 16.5. The summed E-state index contributed by atoms with van der Waals surface area (Å²) in [6.45, 7) is 11.1. The number of nitrogens with zero attached hydrogens (tertiary/aromatic N) is 4.